The monoisotopic (exact) mass is 426 g/mol. The highest BCUT2D eigenvalue weighted by molar-refractivity contribution is 6.31. The molecule has 0 spiro atoms. The number of methoxy groups -OCH3 is 1. The van der Waals surface area contributed by atoms with Gasteiger partial charge in [0.25, 0.3) is 0 Å². The third kappa shape index (κ3) is 4.98. The van der Waals surface area contributed by atoms with Crippen LogP contribution < -0.4 is 9.64 Å². The lowest BCUT2D eigenvalue weighted by molar-refractivity contribution is -0.137. The van der Waals surface area contributed by atoms with Crippen LogP contribution in [0.4, 0.5) is 18.9 Å². The van der Waals surface area contributed by atoms with Crippen LogP contribution in [0.15, 0.2) is 36.4 Å². The predicted molar refractivity (Wildman–Crippen MR) is 111 cm³/mol. The van der Waals surface area contributed by atoms with Crippen LogP contribution in [0, 0.1) is 0 Å². The van der Waals surface area contributed by atoms with Crippen LogP contribution in [-0.4, -0.2) is 37.7 Å². The van der Waals surface area contributed by atoms with Crippen LogP contribution in [0.1, 0.15) is 30.5 Å². The van der Waals surface area contributed by atoms with Gasteiger partial charge in [-0.2, -0.15) is 13.2 Å². The maximum absolute atomic E-state index is 13.2. The molecule has 2 aromatic carbocycles. The average molecular weight is 427 g/mol. The van der Waals surface area contributed by atoms with Gasteiger partial charge < -0.3 is 9.64 Å². The molecule has 29 heavy (non-hydrogen) atoms. The van der Waals surface area contributed by atoms with Crippen molar-refractivity contribution in [1.29, 1.82) is 0 Å². The molecule has 158 valence electrons. The number of hydrogen-bond acceptors (Lipinski definition) is 3. The molecule has 2 aromatic rings. The van der Waals surface area contributed by atoms with Gasteiger partial charge in [0.1, 0.15) is 5.75 Å². The van der Waals surface area contributed by atoms with Gasteiger partial charge in [-0.25, -0.2) is 0 Å². The smallest absolute Gasteiger partial charge is 0.417 e. The SMILES string of the molecule is CCc1cc(CN2CCN(c3ccc(Cl)c(C(F)(F)F)c3)C[C@@H]2C)ccc1OC. The highest BCUT2D eigenvalue weighted by Gasteiger charge is 2.34. The molecule has 1 fully saturated rings. The second kappa shape index (κ2) is 8.84. The van der Waals surface area contributed by atoms with Crippen molar-refractivity contribution in [2.75, 3.05) is 31.6 Å². The summed E-state index contributed by atoms with van der Waals surface area (Å²) in [7, 11) is 1.68. The number of rotatable bonds is 5. The summed E-state index contributed by atoms with van der Waals surface area (Å²) in [5.74, 6) is 0.900. The van der Waals surface area contributed by atoms with Crippen molar-refractivity contribution >= 4 is 17.3 Å². The molecule has 1 saturated heterocycles. The lowest BCUT2D eigenvalue weighted by Crippen LogP contribution is -2.51. The lowest BCUT2D eigenvalue weighted by atomic mass is 10.1. The van der Waals surface area contributed by atoms with E-state index in [1.165, 1.54) is 17.2 Å². The Labute approximate surface area is 175 Å². The Morgan fingerprint density at radius 1 is 1.14 bits per heavy atom. The molecule has 0 bridgehead atoms. The second-order valence-corrected chi connectivity index (χ2v) is 7.83. The van der Waals surface area contributed by atoms with Crippen molar-refractivity contribution in [2.45, 2.75) is 39.0 Å². The lowest BCUT2D eigenvalue weighted by Gasteiger charge is -2.41. The van der Waals surface area contributed by atoms with Gasteiger partial charge in [-0.15, -0.1) is 0 Å². The summed E-state index contributed by atoms with van der Waals surface area (Å²) in [5.41, 5.74) is 2.17. The van der Waals surface area contributed by atoms with Crippen molar-refractivity contribution in [3.63, 3.8) is 0 Å². The number of nitrogens with zero attached hydrogens (tertiary/aromatic N) is 2. The van der Waals surface area contributed by atoms with Gasteiger partial charge in [-0.1, -0.05) is 30.7 Å². The largest absolute Gasteiger partial charge is 0.496 e. The summed E-state index contributed by atoms with van der Waals surface area (Å²) in [6, 6.07) is 10.6. The van der Waals surface area contributed by atoms with Gasteiger partial charge in [-0.3, -0.25) is 4.90 Å². The fourth-order valence-electron chi connectivity index (χ4n) is 3.83. The topological polar surface area (TPSA) is 15.7 Å². The van der Waals surface area contributed by atoms with E-state index in [9.17, 15) is 13.2 Å². The third-order valence-electron chi connectivity index (χ3n) is 5.50. The molecule has 3 rings (SSSR count). The molecule has 1 aliphatic rings. The average Bonchev–Trinajstić information content (AvgIpc) is 2.69. The van der Waals surface area contributed by atoms with E-state index in [4.69, 9.17) is 16.3 Å². The Bertz CT molecular complexity index is 856. The molecule has 7 heteroatoms. The molecular weight excluding hydrogens is 401 g/mol. The highest BCUT2D eigenvalue weighted by atomic mass is 35.5. The van der Waals surface area contributed by atoms with E-state index in [1.807, 2.05) is 11.0 Å². The summed E-state index contributed by atoms with van der Waals surface area (Å²) in [6.45, 7) is 7.12. The van der Waals surface area contributed by atoms with Gasteiger partial charge >= 0.3 is 6.18 Å². The third-order valence-corrected chi connectivity index (χ3v) is 5.83. The van der Waals surface area contributed by atoms with Crippen LogP contribution in [-0.2, 0) is 19.1 Å². The summed E-state index contributed by atoms with van der Waals surface area (Å²) < 4.78 is 44.9. The standard InChI is InChI=1S/C22H26ClF3N2O/c1-4-17-11-16(5-8-21(17)29-3)14-27-9-10-28(13-15(27)2)18-6-7-20(23)19(12-18)22(24,25)26/h5-8,11-12,15H,4,9-10,13-14H2,1-3H3/t15-/m0/s1. The van der Waals surface area contributed by atoms with Crippen molar-refractivity contribution in [3.05, 3.63) is 58.1 Å². The molecule has 0 unspecified atom stereocenters. The number of hydrogen-bond donors (Lipinski definition) is 0. The minimum Gasteiger partial charge on any atom is -0.496 e. The van der Waals surface area contributed by atoms with Gasteiger partial charge in [-0.05, 0) is 48.7 Å². The first-order valence-corrected chi connectivity index (χ1v) is 10.1. The molecule has 0 aliphatic carbocycles. The molecule has 1 atom stereocenters. The van der Waals surface area contributed by atoms with E-state index < -0.39 is 11.7 Å². The minimum absolute atomic E-state index is 0.209. The molecule has 3 nitrogen and oxygen atoms in total. The zero-order chi connectivity index (χ0) is 21.2. The van der Waals surface area contributed by atoms with E-state index in [2.05, 4.69) is 30.9 Å². The Morgan fingerprint density at radius 3 is 2.52 bits per heavy atom. The molecule has 0 N–H and O–H groups in total. The van der Waals surface area contributed by atoms with E-state index in [0.29, 0.717) is 18.8 Å². The zero-order valence-electron chi connectivity index (χ0n) is 16.9. The van der Waals surface area contributed by atoms with Crippen LogP contribution in [0.5, 0.6) is 5.75 Å². The molecular formula is C22H26ClF3N2O. The molecule has 0 aromatic heterocycles. The Morgan fingerprint density at radius 2 is 1.90 bits per heavy atom. The van der Waals surface area contributed by atoms with Crippen LogP contribution in [0.3, 0.4) is 0 Å². The zero-order valence-corrected chi connectivity index (χ0v) is 17.6. The Balaban J connectivity index is 1.70. The number of benzene rings is 2. The van der Waals surface area contributed by atoms with Gasteiger partial charge in [0, 0.05) is 37.9 Å². The van der Waals surface area contributed by atoms with E-state index in [0.717, 1.165) is 31.3 Å². The van der Waals surface area contributed by atoms with Crippen molar-refractivity contribution in [2.24, 2.45) is 0 Å². The van der Waals surface area contributed by atoms with E-state index in [1.54, 1.807) is 13.2 Å². The Kier molecular flexibility index (Phi) is 6.64. The van der Waals surface area contributed by atoms with Crippen molar-refractivity contribution < 1.29 is 17.9 Å². The summed E-state index contributed by atoms with van der Waals surface area (Å²) in [6.07, 6.45) is -3.55. The molecule has 1 heterocycles. The maximum Gasteiger partial charge on any atom is 0.417 e. The summed E-state index contributed by atoms with van der Waals surface area (Å²) in [4.78, 5) is 4.36. The number of piperazine rings is 1. The van der Waals surface area contributed by atoms with Crippen LogP contribution >= 0.6 is 11.6 Å². The maximum atomic E-state index is 13.2. The Hall–Kier alpha value is -1.92. The number of ether oxygens (including phenoxy) is 1. The fraction of sp³-hybridized carbons (Fsp3) is 0.455. The van der Waals surface area contributed by atoms with E-state index >= 15 is 0 Å². The summed E-state index contributed by atoms with van der Waals surface area (Å²) >= 11 is 5.75. The number of alkyl halides is 3. The summed E-state index contributed by atoms with van der Waals surface area (Å²) in [5, 5.41) is -0.265. The minimum atomic E-state index is -4.45. The predicted octanol–water partition coefficient (Wildman–Crippen LogP) is 5.64. The second-order valence-electron chi connectivity index (χ2n) is 7.43. The van der Waals surface area contributed by atoms with Gasteiger partial charge in [0.05, 0.1) is 17.7 Å². The van der Waals surface area contributed by atoms with Crippen LogP contribution in [0.25, 0.3) is 0 Å². The molecule has 1 aliphatic heterocycles. The first-order valence-electron chi connectivity index (χ1n) is 9.74. The fourth-order valence-corrected chi connectivity index (χ4v) is 4.06. The van der Waals surface area contributed by atoms with Gasteiger partial charge in [0.2, 0.25) is 0 Å². The van der Waals surface area contributed by atoms with E-state index in [-0.39, 0.29) is 11.1 Å². The first kappa shape index (κ1) is 21.8. The first-order chi connectivity index (χ1) is 13.7. The normalized spacial score (nSPS) is 18.2. The number of aryl methyl sites for hydroxylation is 1. The quantitative estimate of drug-likeness (QED) is 0.615. The number of anilines is 1. The van der Waals surface area contributed by atoms with Gasteiger partial charge in [0.15, 0.2) is 0 Å². The highest BCUT2D eigenvalue weighted by Crippen LogP contribution is 2.37. The molecule has 0 saturated carbocycles. The van der Waals surface area contributed by atoms with Crippen molar-refractivity contribution in [3.8, 4) is 5.75 Å². The number of halogens is 4. The van der Waals surface area contributed by atoms with Crippen molar-refractivity contribution in [1.82, 2.24) is 4.90 Å². The molecule has 0 radical (unpaired) electrons. The van der Waals surface area contributed by atoms with Crippen LogP contribution in [0.2, 0.25) is 5.02 Å². The molecule has 0 amide bonds.